The fraction of sp³-hybridized carbons (Fsp3) is 0.435. The van der Waals surface area contributed by atoms with Crippen LogP contribution >= 0.6 is 0 Å². The number of carbonyl (C=O) groups excluding carboxylic acids is 1. The number of nitrogens with one attached hydrogen (secondary N) is 1. The number of para-hydroxylation sites is 1. The first kappa shape index (κ1) is 12.1. The van der Waals surface area contributed by atoms with Crippen molar-refractivity contribution < 1.29 is 17.8 Å². The molecule has 0 saturated carbocycles. The van der Waals surface area contributed by atoms with Gasteiger partial charge in [-0.2, -0.15) is 0 Å². The first-order chi connectivity index (χ1) is 15.9. The Balaban J connectivity index is 1.41. The van der Waals surface area contributed by atoms with Crippen molar-refractivity contribution in [3.8, 4) is 5.75 Å². The van der Waals surface area contributed by atoms with E-state index in [0.29, 0.717) is 6.42 Å². The van der Waals surface area contributed by atoms with Crippen LogP contribution in [0.5, 0.6) is 5.75 Å². The highest BCUT2D eigenvalue weighted by Gasteiger charge is 2.44. The summed E-state index contributed by atoms with van der Waals surface area (Å²) in [6, 6.07) is 12.2. The molecule has 0 radical (unpaired) electrons. The second-order valence-electron chi connectivity index (χ2n) is 7.58. The van der Waals surface area contributed by atoms with Crippen LogP contribution in [0.2, 0.25) is 0 Å². The summed E-state index contributed by atoms with van der Waals surface area (Å²) in [5.74, 6) is -0.0653. The van der Waals surface area contributed by atoms with Gasteiger partial charge in [0.15, 0.2) is 0 Å². The number of likely N-dealkylation sites (tertiary alicyclic amines) is 1. The van der Waals surface area contributed by atoms with Gasteiger partial charge < -0.3 is 19.9 Å². The first-order valence-electron chi connectivity index (χ1n) is 12.6. The van der Waals surface area contributed by atoms with E-state index in [9.17, 15) is 4.79 Å². The molecule has 0 unspecified atom stereocenters. The second-order valence-corrected chi connectivity index (χ2v) is 7.58. The largest absolute Gasteiger partial charge is 0.494 e. The van der Waals surface area contributed by atoms with E-state index >= 15 is 0 Å². The maximum Gasteiger partial charge on any atom is 0.243 e. The summed E-state index contributed by atoms with van der Waals surface area (Å²) < 4.78 is 56.5. The summed E-state index contributed by atoms with van der Waals surface area (Å²) in [4.78, 5) is 15.7. The standard InChI is InChI=1S/C23H27N3O2/c1-16-6-8-17(9-7-16)28-13-3-11-25-12-10-21-19(14-25)18-4-2-5-20-23(18)26(21)15-22(27)24-20/h2,4-9,19,21H,3,10-15H2,1H3,(H,24,27)/t19-,21-/m0/s1/i3D2,11D2,13D2. The Bertz CT molecular complexity index is 1120. The van der Waals surface area contributed by atoms with E-state index in [0.717, 1.165) is 22.5 Å². The number of hydrogen-bond acceptors (Lipinski definition) is 4. The minimum absolute atomic E-state index is 0.0145. The Kier molecular flexibility index (Phi) is 3.09. The van der Waals surface area contributed by atoms with Crippen molar-refractivity contribution >= 4 is 17.3 Å². The number of piperidine rings is 1. The molecule has 2 atom stereocenters. The highest BCUT2D eigenvalue weighted by Crippen LogP contribution is 2.49. The van der Waals surface area contributed by atoms with Gasteiger partial charge in [-0.15, -0.1) is 0 Å². The van der Waals surface area contributed by atoms with E-state index < -0.39 is 19.4 Å². The van der Waals surface area contributed by atoms with Crippen LogP contribution in [0.4, 0.5) is 11.4 Å². The van der Waals surface area contributed by atoms with Crippen LogP contribution < -0.4 is 15.0 Å². The Morgan fingerprint density at radius 3 is 2.96 bits per heavy atom. The maximum atomic E-state index is 12.2. The van der Waals surface area contributed by atoms with Gasteiger partial charge in [0, 0.05) is 37.0 Å². The molecule has 1 amide bonds. The molecule has 5 heteroatoms. The normalized spacial score (nSPS) is 27.9. The van der Waals surface area contributed by atoms with E-state index in [1.54, 1.807) is 24.3 Å². The molecule has 0 spiro atoms. The number of amides is 1. The summed E-state index contributed by atoms with van der Waals surface area (Å²) >= 11 is 0. The minimum atomic E-state index is -2.98. The molecule has 0 aromatic heterocycles. The summed E-state index contributed by atoms with van der Waals surface area (Å²) in [5, 5.41) is 2.90. The number of ether oxygens (including phenoxy) is 1. The predicted octanol–water partition coefficient (Wildman–Crippen LogP) is 3.39. The van der Waals surface area contributed by atoms with Crippen molar-refractivity contribution in [2.75, 3.05) is 42.9 Å². The number of anilines is 2. The SMILES string of the molecule is [2H]C([2H])(Oc1ccc(C)cc1)C([2H])([2H])C([2H])([2H])N1CC[C@H]2[C@@H](C1)c1cccc3c1N2CC(=O)N3. The van der Waals surface area contributed by atoms with Crippen molar-refractivity contribution in [2.24, 2.45) is 0 Å². The molecule has 3 aliphatic rings. The molecule has 0 bridgehead atoms. The molecular weight excluding hydrogens is 350 g/mol. The van der Waals surface area contributed by atoms with Crippen molar-refractivity contribution in [1.82, 2.24) is 4.90 Å². The lowest BCUT2D eigenvalue weighted by Gasteiger charge is -2.39. The molecule has 3 aliphatic heterocycles. The van der Waals surface area contributed by atoms with E-state index in [-0.39, 0.29) is 43.3 Å². The van der Waals surface area contributed by atoms with Gasteiger partial charge in [0.05, 0.1) is 27.2 Å². The van der Waals surface area contributed by atoms with E-state index in [1.807, 2.05) is 25.1 Å². The molecular formula is C23H27N3O2. The van der Waals surface area contributed by atoms with Crippen molar-refractivity contribution in [1.29, 1.82) is 0 Å². The number of fused-ring (bicyclic) bond motifs is 3. The average molecular weight is 384 g/mol. The third-order valence-electron chi connectivity index (χ3n) is 5.77. The Morgan fingerprint density at radius 2 is 2.11 bits per heavy atom. The number of rotatable bonds is 5. The molecule has 5 nitrogen and oxygen atoms in total. The van der Waals surface area contributed by atoms with E-state index in [4.69, 9.17) is 13.0 Å². The number of benzene rings is 2. The second kappa shape index (κ2) is 7.13. The summed E-state index contributed by atoms with van der Waals surface area (Å²) in [5.41, 5.74) is 3.66. The average Bonchev–Trinajstić information content (AvgIpc) is 3.09. The van der Waals surface area contributed by atoms with Crippen LogP contribution in [0.15, 0.2) is 42.5 Å². The number of hydrogen-bond donors (Lipinski definition) is 1. The summed E-state index contributed by atoms with van der Waals surface area (Å²) in [7, 11) is 0. The number of aryl methyl sites for hydroxylation is 1. The summed E-state index contributed by atoms with van der Waals surface area (Å²) in [6.45, 7) is -3.01. The number of carbonyl (C=O) groups is 1. The molecule has 1 saturated heterocycles. The Hall–Kier alpha value is -2.53. The molecule has 1 fully saturated rings. The van der Waals surface area contributed by atoms with E-state index in [2.05, 4.69) is 10.2 Å². The van der Waals surface area contributed by atoms with Gasteiger partial charge in [-0.05, 0) is 43.5 Å². The molecule has 0 aliphatic carbocycles. The van der Waals surface area contributed by atoms with Gasteiger partial charge in [0.25, 0.3) is 0 Å². The van der Waals surface area contributed by atoms with Gasteiger partial charge in [-0.3, -0.25) is 4.79 Å². The zero-order valence-electron chi connectivity index (χ0n) is 21.7. The van der Waals surface area contributed by atoms with Crippen LogP contribution in [-0.2, 0) is 4.79 Å². The van der Waals surface area contributed by atoms with Gasteiger partial charge in [-0.25, -0.2) is 0 Å². The highest BCUT2D eigenvalue weighted by molar-refractivity contribution is 6.03. The Morgan fingerprint density at radius 1 is 1.25 bits per heavy atom. The van der Waals surface area contributed by atoms with Crippen LogP contribution in [0.3, 0.4) is 0 Å². The lowest BCUT2D eigenvalue weighted by atomic mass is 9.89. The fourth-order valence-electron chi connectivity index (χ4n) is 4.50. The van der Waals surface area contributed by atoms with Crippen LogP contribution in [0.1, 0.15) is 38.1 Å². The molecule has 3 heterocycles. The molecule has 1 N–H and O–H groups in total. The smallest absolute Gasteiger partial charge is 0.243 e. The molecule has 2 aromatic rings. The topological polar surface area (TPSA) is 44.8 Å². The minimum Gasteiger partial charge on any atom is -0.494 e. The third-order valence-corrected chi connectivity index (χ3v) is 5.77. The van der Waals surface area contributed by atoms with Crippen molar-refractivity contribution in [3.63, 3.8) is 0 Å². The maximum absolute atomic E-state index is 12.2. The van der Waals surface area contributed by atoms with Crippen LogP contribution in [0.25, 0.3) is 0 Å². The summed E-state index contributed by atoms with van der Waals surface area (Å²) in [6.07, 6.45) is -2.45. The molecule has 28 heavy (non-hydrogen) atoms. The molecule has 146 valence electrons. The lowest BCUT2D eigenvalue weighted by Crippen LogP contribution is -2.49. The van der Waals surface area contributed by atoms with Gasteiger partial charge in [-0.1, -0.05) is 29.8 Å². The fourth-order valence-corrected chi connectivity index (χ4v) is 4.50. The van der Waals surface area contributed by atoms with Crippen LogP contribution in [-0.4, -0.2) is 49.5 Å². The van der Waals surface area contributed by atoms with Crippen LogP contribution in [0, 0.1) is 6.92 Å². The predicted molar refractivity (Wildman–Crippen MR) is 111 cm³/mol. The molecule has 2 aromatic carbocycles. The third kappa shape index (κ3) is 3.14. The van der Waals surface area contributed by atoms with Crippen molar-refractivity contribution in [3.05, 3.63) is 53.6 Å². The van der Waals surface area contributed by atoms with Gasteiger partial charge in [0.1, 0.15) is 5.75 Å². The zero-order valence-corrected chi connectivity index (χ0v) is 15.7. The quantitative estimate of drug-likeness (QED) is 0.860. The number of nitrogens with zero attached hydrogens (tertiary/aromatic N) is 2. The van der Waals surface area contributed by atoms with Gasteiger partial charge in [0.2, 0.25) is 5.91 Å². The highest BCUT2D eigenvalue weighted by atomic mass is 16.5. The Labute approximate surface area is 174 Å². The molecule has 5 rings (SSSR count). The first-order valence-corrected chi connectivity index (χ1v) is 9.62. The van der Waals surface area contributed by atoms with E-state index in [1.165, 1.54) is 4.90 Å². The monoisotopic (exact) mass is 383 g/mol. The van der Waals surface area contributed by atoms with Crippen molar-refractivity contribution in [2.45, 2.75) is 31.7 Å². The lowest BCUT2D eigenvalue weighted by molar-refractivity contribution is -0.115. The van der Waals surface area contributed by atoms with Gasteiger partial charge >= 0.3 is 0 Å². The zero-order chi connectivity index (χ0) is 24.5.